The molecular weight excluding hydrogens is 244 g/mol. The van der Waals surface area contributed by atoms with Crippen molar-refractivity contribution in [1.82, 2.24) is 10.3 Å². The van der Waals surface area contributed by atoms with Crippen LogP contribution in [0, 0.1) is 6.92 Å². The molecule has 2 nitrogen and oxygen atoms in total. The summed E-state index contributed by atoms with van der Waals surface area (Å²) in [5.74, 6) is 0. The van der Waals surface area contributed by atoms with Gasteiger partial charge in [0.15, 0.2) is 0 Å². The van der Waals surface area contributed by atoms with Crippen LogP contribution in [0.3, 0.4) is 0 Å². The van der Waals surface area contributed by atoms with Crippen molar-refractivity contribution in [1.29, 1.82) is 0 Å². The van der Waals surface area contributed by atoms with Gasteiger partial charge in [-0.1, -0.05) is 29.8 Å². The average molecular weight is 266 g/mol. The maximum atomic E-state index is 4.88. The first kappa shape index (κ1) is 13.3. The number of pyridine rings is 1. The molecule has 0 spiro atoms. The van der Waals surface area contributed by atoms with Gasteiger partial charge in [-0.05, 0) is 57.4 Å². The average Bonchev–Trinajstić information content (AvgIpc) is 2.49. The van der Waals surface area contributed by atoms with E-state index < -0.39 is 0 Å². The van der Waals surface area contributed by atoms with Crippen LogP contribution in [-0.2, 0) is 0 Å². The van der Waals surface area contributed by atoms with E-state index in [9.17, 15) is 0 Å². The van der Waals surface area contributed by atoms with Crippen LogP contribution in [0.4, 0.5) is 0 Å². The number of benzene rings is 1. The van der Waals surface area contributed by atoms with E-state index in [0.717, 1.165) is 11.2 Å². The molecule has 1 aliphatic carbocycles. The fourth-order valence-corrected chi connectivity index (χ4v) is 3.17. The fraction of sp³-hybridized carbons (Fsp3) is 0.389. The van der Waals surface area contributed by atoms with Gasteiger partial charge >= 0.3 is 0 Å². The highest BCUT2D eigenvalue weighted by Crippen LogP contribution is 2.30. The van der Waals surface area contributed by atoms with Gasteiger partial charge in [-0.3, -0.25) is 4.98 Å². The number of aromatic nitrogens is 1. The number of hydrogen-bond acceptors (Lipinski definition) is 2. The van der Waals surface area contributed by atoms with Gasteiger partial charge < -0.3 is 5.32 Å². The van der Waals surface area contributed by atoms with Gasteiger partial charge in [-0.15, -0.1) is 0 Å². The summed E-state index contributed by atoms with van der Waals surface area (Å²) in [7, 11) is 2.03. The monoisotopic (exact) mass is 266 g/mol. The highest BCUT2D eigenvalue weighted by atomic mass is 14.9. The molecule has 1 aromatic heterocycles. The Hall–Kier alpha value is -1.67. The van der Waals surface area contributed by atoms with Crippen LogP contribution < -0.4 is 5.32 Å². The Morgan fingerprint density at radius 2 is 2.05 bits per heavy atom. The first-order valence-electron chi connectivity index (χ1n) is 7.52. The van der Waals surface area contributed by atoms with Crippen LogP contribution in [0.1, 0.15) is 43.0 Å². The summed E-state index contributed by atoms with van der Waals surface area (Å²) < 4.78 is 0. The summed E-state index contributed by atoms with van der Waals surface area (Å²) in [6.07, 6.45) is 7.43. The minimum absolute atomic E-state index is 0.263. The van der Waals surface area contributed by atoms with Gasteiger partial charge in [0.05, 0.1) is 17.3 Å². The molecule has 0 fully saturated rings. The molecule has 0 saturated heterocycles. The van der Waals surface area contributed by atoms with E-state index in [4.69, 9.17) is 4.98 Å². The predicted octanol–water partition coefficient (Wildman–Crippen LogP) is 4.30. The number of rotatable bonds is 3. The van der Waals surface area contributed by atoms with Crippen LogP contribution in [0.5, 0.6) is 0 Å². The van der Waals surface area contributed by atoms with Gasteiger partial charge in [0, 0.05) is 5.39 Å². The van der Waals surface area contributed by atoms with Crippen molar-refractivity contribution in [2.45, 2.75) is 38.6 Å². The van der Waals surface area contributed by atoms with E-state index in [0.29, 0.717) is 0 Å². The van der Waals surface area contributed by atoms with E-state index >= 15 is 0 Å². The van der Waals surface area contributed by atoms with E-state index in [1.54, 1.807) is 0 Å². The van der Waals surface area contributed by atoms with Gasteiger partial charge in [0.25, 0.3) is 0 Å². The molecule has 0 aliphatic heterocycles. The van der Waals surface area contributed by atoms with Crippen molar-refractivity contribution in [2.75, 3.05) is 7.05 Å². The number of nitrogens with zero attached hydrogens (tertiary/aromatic N) is 1. The largest absolute Gasteiger partial charge is 0.308 e. The summed E-state index contributed by atoms with van der Waals surface area (Å²) in [5.41, 5.74) is 5.05. The standard InChI is InChI=1S/C18H22N2/c1-13-12-17(20-16-11-7-6-10-15(13)16)18(19-2)14-8-4-3-5-9-14/h6-8,10-12,18-19H,3-5,9H2,1-2H3. The molecule has 1 aliphatic rings. The second-order valence-electron chi connectivity index (χ2n) is 5.63. The SMILES string of the molecule is CNC(C1=CCCCC1)c1cc(C)c2ccccc2n1. The third kappa shape index (κ3) is 2.48. The summed E-state index contributed by atoms with van der Waals surface area (Å²) in [4.78, 5) is 4.88. The van der Waals surface area contributed by atoms with E-state index in [1.807, 2.05) is 7.05 Å². The molecule has 1 heterocycles. The van der Waals surface area contributed by atoms with Crippen molar-refractivity contribution in [2.24, 2.45) is 0 Å². The van der Waals surface area contributed by atoms with Crippen molar-refractivity contribution >= 4 is 10.9 Å². The van der Waals surface area contributed by atoms with E-state index in [-0.39, 0.29) is 6.04 Å². The summed E-state index contributed by atoms with van der Waals surface area (Å²) in [6.45, 7) is 2.18. The minimum atomic E-state index is 0.263. The molecule has 1 atom stereocenters. The van der Waals surface area contributed by atoms with Crippen LogP contribution >= 0.6 is 0 Å². The Bertz CT molecular complexity index is 643. The fourth-order valence-electron chi connectivity index (χ4n) is 3.17. The van der Waals surface area contributed by atoms with Crippen LogP contribution in [0.2, 0.25) is 0 Å². The smallest absolute Gasteiger partial charge is 0.0708 e. The normalized spacial score (nSPS) is 17.0. The van der Waals surface area contributed by atoms with Crippen molar-refractivity contribution in [3.05, 3.63) is 53.2 Å². The molecule has 0 bridgehead atoms. The Morgan fingerprint density at radius 3 is 2.80 bits per heavy atom. The number of likely N-dealkylation sites (N-methyl/N-ethyl adjacent to an activating group) is 1. The number of hydrogen-bond donors (Lipinski definition) is 1. The highest BCUT2D eigenvalue weighted by molar-refractivity contribution is 5.82. The number of fused-ring (bicyclic) bond motifs is 1. The maximum Gasteiger partial charge on any atom is 0.0708 e. The maximum absolute atomic E-state index is 4.88. The van der Waals surface area contributed by atoms with Gasteiger partial charge in [-0.2, -0.15) is 0 Å². The van der Waals surface area contributed by atoms with Crippen molar-refractivity contribution in [3.63, 3.8) is 0 Å². The quantitative estimate of drug-likeness (QED) is 0.838. The van der Waals surface area contributed by atoms with Gasteiger partial charge in [0.2, 0.25) is 0 Å². The van der Waals surface area contributed by atoms with Crippen LogP contribution in [0.15, 0.2) is 42.0 Å². The van der Waals surface area contributed by atoms with Crippen LogP contribution in [-0.4, -0.2) is 12.0 Å². The van der Waals surface area contributed by atoms with Crippen molar-refractivity contribution < 1.29 is 0 Å². The molecule has 104 valence electrons. The molecule has 0 radical (unpaired) electrons. The Balaban J connectivity index is 2.05. The number of para-hydroxylation sites is 1. The number of aryl methyl sites for hydroxylation is 1. The number of allylic oxidation sites excluding steroid dienone is 1. The zero-order chi connectivity index (χ0) is 13.9. The lowest BCUT2D eigenvalue weighted by Gasteiger charge is -2.23. The molecular formula is C18H22N2. The Kier molecular flexibility index (Phi) is 3.83. The first-order valence-corrected chi connectivity index (χ1v) is 7.52. The second kappa shape index (κ2) is 5.76. The third-order valence-corrected chi connectivity index (χ3v) is 4.22. The topological polar surface area (TPSA) is 24.9 Å². The first-order chi connectivity index (χ1) is 9.79. The molecule has 1 aromatic carbocycles. The zero-order valence-corrected chi connectivity index (χ0v) is 12.3. The zero-order valence-electron chi connectivity index (χ0n) is 12.3. The summed E-state index contributed by atoms with van der Waals surface area (Å²) >= 11 is 0. The summed E-state index contributed by atoms with van der Waals surface area (Å²) in [6, 6.07) is 10.9. The van der Waals surface area contributed by atoms with E-state index in [1.165, 1.54) is 42.2 Å². The van der Waals surface area contributed by atoms with E-state index in [2.05, 4.69) is 48.6 Å². The Labute approximate surface area is 120 Å². The van der Waals surface area contributed by atoms with Crippen molar-refractivity contribution in [3.8, 4) is 0 Å². The molecule has 1 N–H and O–H groups in total. The molecule has 2 heteroatoms. The summed E-state index contributed by atoms with van der Waals surface area (Å²) in [5, 5.41) is 4.70. The van der Waals surface area contributed by atoms with Crippen LogP contribution in [0.25, 0.3) is 10.9 Å². The van der Waals surface area contributed by atoms with Gasteiger partial charge in [0.1, 0.15) is 0 Å². The molecule has 0 amide bonds. The lowest BCUT2D eigenvalue weighted by atomic mass is 9.91. The third-order valence-electron chi connectivity index (χ3n) is 4.22. The highest BCUT2D eigenvalue weighted by Gasteiger charge is 2.18. The molecule has 0 saturated carbocycles. The number of nitrogens with one attached hydrogen (secondary N) is 1. The molecule has 2 aromatic rings. The minimum Gasteiger partial charge on any atom is -0.308 e. The molecule has 20 heavy (non-hydrogen) atoms. The second-order valence-corrected chi connectivity index (χ2v) is 5.63. The Morgan fingerprint density at radius 1 is 1.20 bits per heavy atom. The lowest BCUT2D eigenvalue weighted by Crippen LogP contribution is -2.21. The lowest BCUT2D eigenvalue weighted by molar-refractivity contribution is 0.584. The van der Waals surface area contributed by atoms with Gasteiger partial charge in [-0.25, -0.2) is 0 Å². The predicted molar refractivity (Wildman–Crippen MR) is 84.8 cm³/mol. The molecule has 3 rings (SSSR count). The molecule has 1 unspecified atom stereocenters.